The van der Waals surface area contributed by atoms with Crippen LogP contribution in [0.4, 0.5) is 0 Å². The van der Waals surface area contributed by atoms with Gasteiger partial charge in [-0.15, -0.1) is 0 Å². The summed E-state index contributed by atoms with van der Waals surface area (Å²) in [6.45, 7) is 0.0702. The van der Waals surface area contributed by atoms with Gasteiger partial charge in [0.05, 0.1) is 11.3 Å². The Labute approximate surface area is 159 Å². The lowest BCUT2D eigenvalue weighted by molar-refractivity contribution is -0.137. The molecule has 2 heterocycles. The highest BCUT2D eigenvalue weighted by Crippen LogP contribution is 2.34. The summed E-state index contributed by atoms with van der Waals surface area (Å²) in [6, 6.07) is 3.65. The maximum Gasteiger partial charge on any atom is 0.305 e. The van der Waals surface area contributed by atoms with Crippen molar-refractivity contribution in [2.24, 2.45) is 0 Å². The molecule has 2 aliphatic rings. The Morgan fingerprint density at radius 1 is 1.40 bits per heavy atom. The van der Waals surface area contributed by atoms with E-state index in [4.69, 9.17) is 33.3 Å². The highest BCUT2D eigenvalue weighted by molar-refractivity contribution is 8.26. The number of amides is 1. The van der Waals surface area contributed by atoms with Crippen LogP contribution in [0, 0.1) is 0 Å². The van der Waals surface area contributed by atoms with Crippen molar-refractivity contribution in [2.75, 3.05) is 6.54 Å². The first kappa shape index (κ1) is 18.0. The summed E-state index contributed by atoms with van der Waals surface area (Å²) >= 11 is 12.3. The van der Waals surface area contributed by atoms with Gasteiger partial charge in [0.2, 0.25) is 0 Å². The van der Waals surface area contributed by atoms with E-state index < -0.39 is 5.97 Å². The Morgan fingerprint density at radius 2 is 2.20 bits per heavy atom. The van der Waals surface area contributed by atoms with E-state index >= 15 is 0 Å². The predicted molar refractivity (Wildman–Crippen MR) is 102 cm³/mol. The smallest absolute Gasteiger partial charge is 0.305 e. The molecule has 0 aromatic carbocycles. The number of carboxylic acid groups (broad SMARTS) is 1. The van der Waals surface area contributed by atoms with Crippen LogP contribution in [0.25, 0.3) is 11.6 Å². The summed E-state index contributed by atoms with van der Waals surface area (Å²) in [5.41, 5.74) is 1.05. The van der Waals surface area contributed by atoms with Crippen LogP contribution >= 0.6 is 35.6 Å². The van der Waals surface area contributed by atoms with Crippen molar-refractivity contribution in [1.82, 2.24) is 4.90 Å². The molecule has 0 unspecified atom stereocenters. The van der Waals surface area contributed by atoms with E-state index in [0.717, 1.165) is 41.0 Å². The van der Waals surface area contributed by atoms with Crippen molar-refractivity contribution in [3.8, 4) is 0 Å². The van der Waals surface area contributed by atoms with E-state index in [2.05, 4.69) is 0 Å². The second-order valence-corrected chi connectivity index (χ2v) is 7.65. The van der Waals surface area contributed by atoms with Crippen LogP contribution in [-0.2, 0) is 9.59 Å². The third kappa shape index (κ3) is 4.23. The average Bonchev–Trinajstić information content (AvgIpc) is 3.12. The maximum atomic E-state index is 12.4. The molecule has 1 saturated heterocycles. The lowest BCUT2D eigenvalue weighted by atomic mass is 10.0. The zero-order valence-electron chi connectivity index (χ0n) is 13.0. The Morgan fingerprint density at radius 3 is 2.88 bits per heavy atom. The Kier molecular flexibility index (Phi) is 5.46. The molecule has 3 rings (SSSR count). The molecule has 1 aromatic rings. The number of furan rings is 1. The molecule has 130 valence electrons. The van der Waals surface area contributed by atoms with E-state index in [1.54, 1.807) is 12.1 Å². The van der Waals surface area contributed by atoms with Gasteiger partial charge in [-0.3, -0.25) is 14.5 Å². The van der Waals surface area contributed by atoms with Crippen LogP contribution in [-0.4, -0.2) is 32.7 Å². The fraction of sp³-hybridized carbons (Fsp3) is 0.235. The van der Waals surface area contributed by atoms with E-state index in [1.165, 1.54) is 4.90 Å². The van der Waals surface area contributed by atoms with Gasteiger partial charge in [-0.05, 0) is 36.6 Å². The Hall–Kier alpha value is -1.83. The van der Waals surface area contributed by atoms with Gasteiger partial charge >= 0.3 is 5.97 Å². The van der Waals surface area contributed by atoms with E-state index in [0.29, 0.717) is 15.0 Å². The van der Waals surface area contributed by atoms with Gasteiger partial charge in [-0.2, -0.15) is 0 Å². The molecule has 0 bridgehead atoms. The molecular weight excluding hydrogens is 382 g/mol. The molecule has 1 fully saturated rings. The first-order valence-corrected chi connectivity index (χ1v) is 9.17. The van der Waals surface area contributed by atoms with E-state index in [1.807, 2.05) is 18.2 Å². The molecule has 1 N–H and O–H groups in total. The number of rotatable bonds is 5. The number of nitrogens with zero attached hydrogens (tertiary/aromatic N) is 1. The molecule has 1 aliphatic carbocycles. The number of carbonyl (C=O) groups is 2. The minimum Gasteiger partial charge on any atom is -0.481 e. The molecule has 0 radical (unpaired) electrons. The number of thiocarbonyl (C=S) groups is 1. The van der Waals surface area contributed by atoms with Gasteiger partial charge in [0.1, 0.15) is 15.8 Å². The van der Waals surface area contributed by atoms with Crippen LogP contribution in [0.15, 0.2) is 38.6 Å². The number of aliphatic carboxylic acids is 1. The standard InChI is InChI=1S/C17H14ClNO4S2/c18-11-3-1-10(2-4-11)13-6-5-12(23-13)9-14-16(22)19(17(24)25-14)8-7-15(20)21/h1,3,5-6,9H,2,4,7-8H2,(H,20,21)/b14-9+. The van der Waals surface area contributed by atoms with E-state index in [9.17, 15) is 9.59 Å². The van der Waals surface area contributed by atoms with Crippen LogP contribution in [0.3, 0.4) is 0 Å². The first-order chi connectivity index (χ1) is 11.9. The van der Waals surface area contributed by atoms with Crippen LogP contribution in [0.1, 0.15) is 30.8 Å². The third-order valence-corrected chi connectivity index (χ3v) is 5.43. The van der Waals surface area contributed by atoms with Gasteiger partial charge in [-0.1, -0.05) is 41.7 Å². The molecule has 5 nitrogen and oxygen atoms in total. The molecule has 0 atom stereocenters. The number of carbonyl (C=O) groups excluding carboxylic acids is 1. The minimum absolute atomic E-state index is 0.0702. The minimum atomic E-state index is -0.969. The number of carboxylic acids is 1. The number of halogens is 1. The SMILES string of the molecule is O=C(O)CCN1C(=O)/C(=C\c2ccc(C3=CC=C(Cl)CC3)o2)SC1=S. The Balaban J connectivity index is 1.74. The number of thioether (sulfide) groups is 1. The molecule has 1 aromatic heterocycles. The quantitative estimate of drug-likeness (QED) is 0.593. The molecular formula is C17H14ClNO4S2. The highest BCUT2D eigenvalue weighted by atomic mass is 35.5. The molecule has 8 heteroatoms. The van der Waals surface area contributed by atoms with Gasteiger partial charge in [0.25, 0.3) is 5.91 Å². The van der Waals surface area contributed by atoms with Crippen LogP contribution in [0.2, 0.25) is 0 Å². The van der Waals surface area contributed by atoms with Crippen LogP contribution < -0.4 is 0 Å². The number of allylic oxidation sites excluding steroid dienone is 4. The molecule has 1 aliphatic heterocycles. The molecule has 0 saturated carbocycles. The monoisotopic (exact) mass is 395 g/mol. The summed E-state index contributed by atoms with van der Waals surface area (Å²) < 4.78 is 6.16. The first-order valence-electron chi connectivity index (χ1n) is 7.56. The zero-order valence-corrected chi connectivity index (χ0v) is 15.4. The summed E-state index contributed by atoms with van der Waals surface area (Å²) in [5.74, 6) is 0.0349. The third-order valence-electron chi connectivity index (χ3n) is 3.74. The highest BCUT2D eigenvalue weighted by Gasteiger charge is 2.32. The summed E-state index contributed by atoms with van der Waals surface area (Å²) in [5, 5.41) is 9.58. The zero-order chi connectivity index (χ0) is 18.0. The molecule has 25 heavy (non-hydrogen) atoms. The van der Waals surface area contributed by atoms with Crippen molar-refractivity contribution < 1.29 is 19.1 Å². The van der Waals surface area contributed by atoms with Gasteiger partial charge in [-0.25, -0.2) is 0 Å². The number of hydrogen-bond donors (Lipinski definition) is 1. The summed E-state index contributed by atoms with van der Waals surface area (Å²) in [6.07, 6.45) is 6.87. The van der Waals surface area contributed by atoms with Crippen molar-refractivity contribution in [2.45, 2.75) is 19.3 Å². The van der Waals surface area contributed by atoms with E-state index in [-0.39, 0.29) is 18.9 Å². The van der Waals surface area contributed by atoms with Crippen LogP contribution in [0.5, 0.6) is 0 Å². The summed E-state index contributed by atoms with van der Waals surface area (Å²) in [7, 11) is 0. The molecule has 0 spiro atoms. The van der Waals surface area contributed by atoms with Gasteiger partial charge in [0.15, 0.2) is 0 Å². The van der Waals surface area contributed by atoms with Crippen molar-refractivity contribution >= 4 is 63.4 Å². The number of hydrogen-bond acceptors (Lipinski definition) is 5. The summed E-state index contributed by atoms with van der Waals surface area (Å²) in [4.78, 5) is 24.8. The average molecular weight is 396 g/mol. The van der Waals surface area contributed by atoms with Crippen molar-refractivity contribution in [3.05, 3.63) is 45.7 Å². The van der Waals surface area contributed by atoms with Crippen molar-refractivity contribution in [3.63, 3.8) is 0 Å². The topological polar surface area (TPSA) is 70.8 Å². The molecule has 1 amide bonds. The normalized spacial score (nSPS) is 19.4. The van der Waals surface area contributed by atoms with Crippen molar-refractivity contribution in [1.29, 1.82) is 0 Å². The maximum absolute atomic E-state index is 12.4. The fourth-order valence-corrected chi connectivity index (χ4v) is 3.90. The van der Waals surface area contributed by atoms with Gasteiger partial charge in [0, 0.05) is 17.7 Å². The fourth-order valence-electron chi connectivity index (χ4n) is 2.45. The second kappa shape index (κ2) is 7.59. The predicted octanol–water partition coefficient (Wildman–Crippen LogP) is 4.26. The largest absolute Gasteiger partial charge is 0.481 e. The Bertz CT molecular complexity index is 837. The van der Waals surface area contributed by atoms with Gasteiger partial charge < -0.3 is 9.52 Å². The second-order valence-electron chi connectivity index (χ2n) is 5.48. The lowest BCUT2D eigenvalue weighted by Gasteiger charge is -2.12. The lowest BCUT2D eigenvalue weighted by Crippen LogP contribution is -2.30.